The highest BCUT2D eigenvalue weighted by atomic mass is 35.5. The first-order valence-electron chi connectivity index (χ1n) is 8.86. The van der Waals surface area contributed by atoms with Crippen molar-refractivity contribution >= 4 is 29.1 Å². The number of primary amides is 1. The Balaban J connectivity index is 0.00000117. The molecule has 0 fully saturated rings. The second-order valence-electron chi connectivity index (χ2n) is 6.27. The van der Waals surface area contributed by atoms with Crippen LogP contribution in [0.2, 0.25) is 10.0 Å². The first kappa shape index (κ1) is 21.1. The van der Waals surface area contributed by atoms with Crippen LogP contribution < -0.4 is 16.2 Å². The van der Waals surface area contributed by atoms with Gasteiger partial charge < -0.3 is 16.2 Å². The van der Waals surface area contributed by atoms with Crippen molar-refractivity contribution in [1.82, 2.24) is 0 Å². The standard InChI is InChI=1S/C21H14Cl2FNO2.CH5N/c22-14-8-9-16-13(10-17(27-16)11-4-2-1-3-5-11)18(14)19-12(21(25)26)6-7-15(23)20(19)24;1-2/h1-9,17H,10H2,(H2,25,26);2H2,1H3. The minimum atomic E-state index is -0.757. The Morgan fingerprint density at radius 2 is 1.66 bits per heavy atom. The Morgan fingerprint density at radius 1 is 1.00 bits per heavy atom. The first-order chi connectivity index (χ1) is 14.0. The van der Waals surface area contributed by atoms with Crippen molar-refractivity contribution in [2.24, 2.45) is 11.5 Å². The summed E-state index contributed by atoms with van der Waals surface area (Å²) in [4.78, 5) is 11.9. The van der Waals surface area contributed by atoms with Crippen molar-refractivity contribution in [3.8, 4) is 16.9 Å². The van der Waals surface area contributed by atoms with Gasteiger partial charge in [-0.05, 0) is 36.9 Å². The molecule has 4 N–H and O–H groups in total. The highest BCUT2D eigenvalue weighted by molar-refractivity contribution is 6.34. The van der Waals surface area contributed by atoms with Crippen LogP contribution in [0.25, 0.3) is 11.1 Å². The van der Waals surface area contributed by atoms with Gasteiger partial charge in [0.2, 0.25) is 5.91 Å². The zero-order chi connectivity index (χ0) is 21.1. The van der Waals surface area contributed by atoms with Crippen molar-refractivity contribution in [2.75, 3.05) is 7.05 Å². The lowest BCUT2D eigenvalue weighted by Crippen LogP contribution is -2.14. The number of carbonyl (C=O) groups excluding carboxylic acids is 1. The fourth-order valence-electron chi connectivity index (χ4n) is 3.42. The number of halogens is 3. The molecule has 1 aliphatic heterocycles. The van der Waals surface area contributed by atoms with Gasteiger partial charge in [0, 0.05) is 28.1 Å². The third-order valence-corrected chi connectivity index (χ3v) is 5.27. The predicted molar refractivity (Wildman–Crippen MR) is 114 cm³/mol. The van der Waals surface area contributed by atoms with Gasteiger partial charge in [-0.1, -0.05) is 53.5 Å². The SMILES string of the molecule is CN.NC(=O)c1ccc(Cl)c(F)c1-c1c(Cl)ccc2c1CC(c1ccccc1)O2. The second-order valence-corrected chi connectivity index (χ2v) is 7.08. The molecule has 1 unspecified atom stereocenters. The molecule has 1 heterocycles. The summed E-state index contributed by atoms with van der Waals surface area (Å²) < 4.78 is 21.0. The number of hydrogen-bond acceptors (Lipinski definition) is 3. The summed E-state index contributed by atoms with van der Waals surface area (Å²) in [6.45, 7) is 0. The van der Waals surface area contributed by atoms with Gasteiger partial charge in [0.05, 0.1) is 10.6 Å². The van der Waals surface area contributed by atoms with Crippen molar-refractivity contribution in [1.29, 1.82) is 0 Å². The zero-order valence-electron chi connectivity index (χ0n) is 15.6. The van der Waals surface area contributed by atoms with E-state index in [4.69, 9.17) is 33.7 Å². The smallest absolute Gasteiger partial charge is 0.249 e. The van der Waals surface area contributed by atoms with Crippen LogP contribution in [0.3, 0.4) is 0 Å². The first-order valence-corrected chi connectivity index (χ1v) is 9.62. The number of rotatable bonds is 3. The maximum atomic E-state index is 14.9. The second kappa shape index (κ2) is 8.82. The molecule has 29 heavy (non-hydrogen) atoms. The van der Waals surface area contributed by atoms with Crippen LogP contribution in [-0.2, 0) is 6.42 Å². The number of amides is 1. The third-order valence-electron chi connectivity index (χ3n) is 4.66. The van der Waals surface area contributed by atoms with Crippen LogP contribution in [-0.4, -0.2) is 13.0 Å². The van der Waals surface area contributed by atoms with E-state index in [0.717, 1.165) is 11.1 Å². The van der Waals surface area contributed by atoms with Crippen molar-refractivity contribution in [2.45, 2.75) is 12.5 Å². The average molecular weight is 433 g/mol. The molecule has 0 bridgehead atoms. The Morgan fingerprint density at radius 3 is 2.31 bits per heavy atom. The quantitative estimate of drug-likeness (QED) is 0.600. The monoisotopic (exact) mass is 432 g/mol. The molecule has 3 aromatic carbocycles. The summed E-state index contributed by atoms with van der Waals surface area (Å²) in [5.74, 6) is -0.891. The molecule has 0 radical (unpaired) electrons. The number of ether oxygens (including phenoxy) is 1. The number of fused-ring (bicyclic) bond motifs is 1. The van der Waals surface area contributed by atoms with Crippen LogP contribution in [0.15, 0.2) is 54.6 Å². The summed E-state index contributed by atoms with van der Waals surface area (Å²) in [7, 11) is 1.50. The van der Waals surface area contributed by atoms with Crippen molar-refractivity contribution < 1.29 is 13.9 Å². The van der Waals surface area contributed by atoms with E-state index in [2.05, 4.69) is 5.73 Å². The third kappa shape index (κ3) is 3.94. The fraction of sp³-hybridized carbons (Fsp3) is 0.136. The van der Waals surface area contributed by atoms with E-state index in [0.29, 0.717) is 22.8 Å². The Labute approximate surface area is 178 Å². The molecule has 0 spiro atoms. The molecule has 1 atom stereocenters. The molecule has 7 heteroatoms. The lowest BCUT2D eigenvalue weighted by molar-refractivity contribution is 0.100. The van der Waals surface area contributed by atoms with E-state index in [1.54, 1.807) is 12.1 Å². The Kier molecular flexibility index (Phi) is 6.42. The maximum Gasteiger partial charge on any atom is 0.249 e. The Hall–Kier alpha value is -2.60. The van der Waals surface area contributed by atoms with E-state index >= 15 is 0 Å². The highest BCUT2D eigenvalue weighted by Crippen LogP contribution is 2.47. The van der Waals surface area contributed by atoms with Crippen LogP contribution in [0.1, 0.15) is 27.6 Å². The molecule has 150 valence electrons. The molecular formula is C22H19Cl2FN2O2. The van der Waals surface area contributed by atoms with Gasteiger partial charge in [0.25, 0.3) is 0 Å². The summed E-state index contributed by atoms with van der Waals surface area (Å²) in [5, 5.41) is 0.192. The number of carbonyl (C=O) groups is 1. The van der Waals surface area contributed by atoms with E-state index in [1.165, 1.54) is 19.2 Å². The van der Waals surface area contributed by atoms with E-state index in [-0.39, 0.29) is 22.3 Å². The highest BCUT2D eigenvalue weighted by Gasteiger charge is 2.31. The minimum absolute atomic E-state index is 0.00848. The van der Waals surface area contributed by atoms with Crippen LogP contribution in [0, 0.1) is 5.82 Å². The van der Waals surface area contributed by atoms with E-state index < -0.39 is 11.7 Å². The summed E-state index contributed by atoms with van der Waals surface area (Å²) in [6, 6.07) is 15.8. The molecule has 0 saturated carbocycles. The average Bonchev–Trinajstić information content (AvgIpc) is 3.17. The molecule has 0 aromatic heterocycles. The maximum absolute atomic E-state index is 14.9. The summed E-state index contributed by atoms with van der Waals surface area (Å²) in [5.41, 5.74) is 12.1. The zero-order valence-corrected chi connectivity index (χ0v) is 17.1. The lowest BCUT2D eigenvalue weighted by atomic mass is 9.91. The normalized spacial score (nSPS) is 14.4. The number of hydrogen-bond donors (Lipinski definition) is 2. The van der Waals surface area contributed by atoms with Gasteiger partial charge in [0.1, 0.15) is 17.7 Å². The van der Waals surface area contributed by atoms with Gasteiger partial charge in [-0.2, -0.15) is 0 Å². The number of benzene rings is 3. The van der Waals surface area contributed by atoms with Crippen LogP contribution in [0.5, 0.6) is 5.75 Å². The van der Waals surface area contributed by atoms with Gasteiger partial charge in [-0.15, -0.1) is 0 Å². The number of nitrogens with two attached hydrogens (primary N) is 2. The Bertz CT molecular complexity index is 1060. The van der Waals surface area contributed by atoms with Crippen LogP contribution in [0.4, 0.5) is 4.39 Å². The fourth-order valence-corrected chi connectivity index (χ4v) is 3.85. The predicted octanol–water partition coefficient (Wildman–Crippen LogP) is 5.15. The molecule has 1 amide bonds. The molecule has 0 saturated heterocycles. The van der Waals surface area contributed by atoms with Gasteiger partial charge in [-0.3, -0.25) is 4.79 Å². The molecular weight excluding hydrogens is 414 g/mol. The summed E-state index contributed by atoms with van der Waals surface area (Å²) >= 11 is 12.4. The minimum Gasteiger partial charge on any atom is -0.485 e. The molecule has 4 rings (SSSR count). The molecule has 0 aliphatic carbocycles. The lowest BCUT2D eigenvalue weighted by Gasteiger charge is -2.14. The van der Waals surface area contributed by atoms with Gasteiger partial charge >= 0.3 is 0 Å². The topological polar surface area (TPSA) is 78.3 Å². The van der Waals surface area contributed by atoms with Crippen LogP contribution >= 0.6 is 23.2 Å². The van der Waals surface area contributed by atoms with E-state index in [1.807, 2.05) is 30.3 Å². The molecule has 4 nitrogen and oxygen atoms in total. The molecule has 1 aliphatic rings. The van der Waals surface area contributed by atoms with Gasteiger partial charge in [0.15, 0.2) is 0 Å². The van der Waals surface area contributed by atoms with Gasteiger partial charge in [-0.25, -0.2) is 4.39 Å². The molecule has 3 aromatic rings. The largest absolute Gasteiger partial charge is 0.485 e. The van der Waals surface area contributed by atoms with Crippen molar-refractivity contribution in [3.63, 3.8) is 0 Å². The van der Waals surface area contributed by atoms with E-state index in [9.17, 15) is 9.18 Å². The van der Waals surface area contributed by atoms with Crippen molar-refractivity contribution in [3.05, 3.63) is 87.2 Å². The summed E-state index contributed by atoms with van der Waals surface area (Å²) in [6.07, 6.45) is 0.261.